The minimum atomic E-state index is -0.266. The zero-order valence-corrected chi connectivity index (χ0v) is 15.5. The van der Waals surface area contributed by atoms with Gasteiger partial charge in [-0.25, -0.2) is 4.98 Å². The molecule has 0 unspecified atom stereocenters. The van der Waals surface area contributed by atoms with E-state index in [1.165, 1.54) is 4.90 Å². The van der Waals surface area contributed by atoms with E-state index in [4.69, 9.17) is 0 Å². The molecule has 1 aromatic heterocycles. The van der Waals surface area contributed by atoms with Crippen molar-refractivity contribution in [3.05, 3.63) is 65.5 Å². The Morgan fingerprint density at radius 1 is 1.04 bits per heavy atom. The normalized spacial score (nSPS) is 10.5. The number of H-pyrrole nitrogens is 1. The standard InChI is InChI=1S/C20H21N5O2/c1-4-17-22-18(24-23-17)15-7-5-6-8-16(15)21-19(26)13-9-11-14(12-10-13)20(27)25(2)3/h5-12H,4H2,1-3H3,(H,21,26)(H,22,23,24). The highest BCUT2D eigenvalue weighted by Crippen LogP contribution is 2.25. The maximum Gasteiger partial charge on any atom is 0.255 e. The summed E-state index contributed by atoms with van der Waals surface area (Å²) in [5.74, 6) is 0.947. The number of nitrogens with zero attached hydrogens (tertiary/aromatic N) is 3. The zero-order chi connectivity index (χ0) is 19.4. The van der Waals surface area contributed by atoms with E-state index >= 15 is 0 Å². The lowest BCUT2D eigenvalue weighted by molar-refractivity contribution is 0.0827. The molecule has 1 heterocycles. The van der Waals surface area contributed by atoms with Crippen molar-refractivity contribution in [3.8, 4) is 11.4 Å². The van der Waals surface area contributed by atoms with Crippen molar-refractivity contribution >= 4 is 17.5 Å². The molecule has 7 nitrogen and oxygen atoms in total. The Bertz CT molecular complexity index is 961. The van der Waals surface area contributed by atoms with E-state index in [-0.39, 0.29) is 11.8 Å². The summed E-state index contributed by atoms with van der Waals surface area (Å²) in [4.78, 5) is 30.5. The van der Waals surface area contributed by atoms with Gasteiger partial charge in [-0.05, 0) is 36.4 Å². The molecule has 2 N–H and O–H groups in total. The molecule has 2 aromatic carbocycles. The van der Waals surface area contributed by atoms with Crippen molar-refractivity contribution in [2.24, 2.45) is 0 Å². The van der Waals surface area contributed by atoms with Gasteiger partial charge in [0.15, 0.2) is 5.82 Å². The number of anilines is 1. The van der Waals surface area contributed by atoms with E-state index in [9.17, 15) is 9.59 Å². The molecular weight excluding hydrogens is 342 g/mol. The zero-order valence-electron chi connectivity index (χ0n) is 15.5. The highest BCUT2D eigenvalue weighted by atomic mass is 16.2. The maximum absolute atomic E-state index is 12.6. The van der Waals surface area contributed by atoms with Crippen molar-refractivity contribution in [3.63, 3.8) is 0 Å². The fourth-order valence-electron chi connectivity index (χ4n) is 2.58. The van der Waals surface area contributed by atoms with Crippen molar-refractivity contribution in [2.75, 3.05) is 19.4 Å². The molecule has 0 saturated carbocycles. The molecule has 3 aromatic rings. The first-order chi connectivity index (χ1) is 13.0. The Hall–Kier alpha value is -3.48. The largest absolute Gasteiger partial charge is 0.345 e. The lowest BCUT2D eigenvalue weighted by atomic mass is 10.1. The van der Waals surface area contributed by atoms with Gasteiger partial charge in [-0.2, -0.15) is 5.10 Å². The molecule has 0 spiro atoms. The SMILES string of the molecule is CCc1nc(-c2ccccc2NC(=O)c2ccc(C(=O)N(C)C)cc2)n[nH]1. The topological polar surface area (TPSA) is 91.0 Å². The van der Waals surface area contributed by atoms with E-state index in [1.807, 2.05) is 25.1 Å². The van der Waals surface area contributed by atoms with Crippen LogP contribution < -0.4 is 5.32 Å². The van der Waals surface area contributed by atoms with Crippen LogP contribution >= 0.6 is 0 Å². The van der Waals surface area contributed by atoms with Gasteiger partial charge in [0.05, 0.1) is 5.69 Å². The van der Waals surface area contributed by atoms with E-state index < -0.39 is 0 Å². The van der Waals surface area contributed by atoms with Crippen LogP contribution in [0.25, 0.3) is 11.4 Å². The molecule has 0 aliphatic carbocycles. The second-order valence-electron chi connectivity index (χ2n) is 6.24. The van der Waals surface area contributed by atoms with Crippen LogP contribution in [0.2, 0.25) is 0 Å². The van der Waals surface area contributed by atoms with E-state index in [0.29, 0.717) is 22.6 Å². The summed E-state index contributed by atoms with van der Waals surface area (Å²) in [6.45, 7) is 1.99. The first-order valence-electron chi connectivity index (χ1n) is 8.63. The third-order valence-electron chi connectivity index (χ3n) is 4.08. The van der Waals surface area contributed by atoms with Crippen molar-refractivity contribution in [1.82, 2.24) is 20.1 Å². The van der Waals surface area contributed by atoms with Crippen LogP contribution in [-0.2, 0) is 6.42 Å². The number of aryl methyl sites for hydroxylation is 1. The van der Waals surface area contributed by atoms with Crippen LogP contribution in [0.5, 0.6) is 0 Å². The molecule has 2 amide bonds. The molecule has 0 bridgehead atoms. The Balaban J connectivity index is 1.81. The molecule has 0 saturated heterocycles. The van der Waals surface area contributed by atoms with Gasteiger partial charge in [-0.1, -0.05) is 19.1 Å². The number of carbonyl (C=O) groups is 2. The van der Waals surface area contributed by atoms with Crippen molar-refractivity contribution in [2.45, 2.75) is 13.3 Å². The summed E-state index contributed by atoms with van der Waals surface area (Å²) in [5.41, 5.74) is 2.35. The van der Waals surface area contributed by atoms with E-state index in [2.05, 4.69) is 20.5 Å². The quantitative estimate of drug-likeness (QED) is 0.729. The predicted octanol–water partition coefficient (Wildman–Crippen LogP) is 2.99. The molecular formula is C20H21N5O2. The van der Waals surface area contributed by atoms with Crippen LogP contribution in [0.1, 0.15) is 33.5 Å². The van der Waals surface area contributed by atoms with E-state index in [0.717, 1.165) is 17.8 Å². The van der Waals surface area contributed by atoms with Gasteiger partial charge in [-0.15, -0.1) is 0 Å². The number of rotatable bonds is 5. The summed E-state index contributed by atoms with van der Waals surface area (Å²) in [6.07, 6.45) is 0.750. The second-order valence-corrected chi connectivity index (χ2v) is 6.24. The number of aromatic nitrogens is 3. The van der Waals surface area contributed by atoms with Crippen LogP contribution in [0, 0.1) is 0 Å². The minimum Gasteiger partial charge on any atom is -0.345 e. The number of amides is 2. The monoisotopic (exact) mass is 363 g/mol. The number of hydrogen-bond donors (Lipinski definition) is 2. The molecule has 27 heavy (non-hydrogen) atoms. The van der Waals surface area contributed by atoms with Crippen LogP contribution in [0.4, 0.5) is 5.69 Å². The Labute approximate surface area is 157 Å². The summed E-state index contributed by atoms with van der Waals surface area (Å²) in [5, 5.41) is 9.99. The van der Waals surface area contributed by atoms with Crippen molar-refractivity contribution in [1.29, 1.82) is 0 Å². The third-order valence-corrected chi connectivity index (χ3v) is 4.08. The fraction of sp³-hybridized carbons (Fsp3) is 0.200. The fourth-order valence-corrected chi connectivity index (χ4v) is 2.58. The minimum absolute atomic E-state index is 0.108. The third kappa shape index (κ3) is 4.03. The highest BCUT2D eigenvalue weighted by molar-refractivity contribution is 6.06. The van der Waals surface area contributed by atoms with Gasteiger partial charge >= 0.3 is 0 Å². The molecule has 0 fully saturated rings. The highest BCUT2D eigenvalue weighted by Gasteiger charge is 2.14. The summed E-state index contributed by atoms with van der Waals surface area (Å²) >= 11 is 0. The molecule has 0 radical (unpaired) electrons. The molecule has 0 atom stereocenters. The van der Waals surface area contributed by atoms with Gasteiger partial charge in [0, 0.05) is 37.2 Å². The number of aromatic amines is 1. The summed E-state index contributed by atoms with van der Waals surface area (Å²) < 4.78 is 0. The average molecular weight is 363 g/mol. The Morgan fingerprint density at radius 2 is 1.70 bits per heavy atom. The van der Waals surface area contributed by atoms with Crippen LogP contribution in [0.3, 0.4) is 0 Å². The number of benzene rings is 2. The van der Waals surface area contributed by atoms with Crippen molar-refractivity contribution < 1.29 is 9.59 Å². The smallest absolute Gasteiger partial charge is 0.255 e. The second kappa shape index (κ2) is 7.82. The van der Waals surface area contributed by atoms with Gasteiger partial charge in [0.2, 0.25) is 0 Å². The van der Waals surface area contributed by atoms with Gasteiger partial charge in [0.25, 0.3) is 11.8 Å². The molecule has 138 valence electrons. The van der Waals surface area contributed by atoms with Crippen LogP contribution in [-0.4, -0.2) is 46.0 Å². The lowest BCUT2D eigenvalue weighted by Crippen LogP contribution is -2.21. The Morgan fingerprint density at radius 3 is 2.33 bits per heavy atom. The lowest BCUT2D eigenvalue weighted by Gasteiger charge is -2.11. The first-order valence-corrected chi connectivity index (χ1v) is 8.63. The number of hydrogen-bond acceptors (Lipinski definition) is 4. The number of para-hydroxylation sites is 1. The van der Waals surface area contributed by atoms with E-state index in [1.54, 1.807) is 44.4 Å². The predicted molar refractivity (Wildman–Crippen MR) is 104 cm³/mol. The molecule has 0 aliphatic rings. The maximum atomic E-state index is 12.6. The molecule has 0 aliphatic heterocycles. The summed E-state index contributed by atoms with van der Waals surface area (Å²) in [7, 11) is 3.37. The Kier molecular flexibility index (Phi) is 5.30. The number of nitrogens with one attached hydrogen (secondary N) is 2. The summed E-state index contributed by atoms with van der Waals surface area (Å²) in [6, 6.07) is 13.9. The molecule has 3 rings (SSSR count). The van der Waals surface area contributed by atoms with Gasteiger partial charge in [0.1, 0.15) is 5.82 Å². The van der Waals surface area contributed by atoms with Gasteiger partial charge in [-0.3, -0.25) is 14.7 Å². The van der Waals surface area contributed by atoms with Gasteiger partial charge < -0.3 is 10.2 Å². The first kappa shape index (κ1) is 18.3. The van der Waals surface area contributed by atoms with Crippen LogP contribution in [0.15, 0.2) is 48.5 Å². The molecule has 7 heteroatoms. The number of carbonyl (C=O) groups excluding carboxylic acids is 2. The average Bonchev–Trinajstić information content (AvgIpc) is 3.17.